The van der Waals surface area contributed by atoms with Crippen LogP contribution < -0.4 is 5.32 Å². The lowest BCUT2D eigenvalue weighted by atomic mass is 10.1. The lowest BCUT2D eigenvalue weighted by molar-refractivity contribution is 0.147. The van der Waals surface area contributed by atoms with E-state index in [1.165, 1.54) is 11.1 Å². The van der Waals surface area contributed by atoms with Gasteiger partial charge in [0.15, 0.2) is 0 Å². The van der Waals surface area contributed by atoms with Gasteiger partial charge in [-0.1, -0.05) is 24.3 Å². The van der Waals surface area contributed by atoms with Crippen molar-refractivity contribution >= 4 is 5.95 Å². The number of aryl methyl sites for hydroxylation is 1. The standard InChI is InChI=1S/C16H23N3O/c1-3-20-12-6-9-17-16-18-10-11-19(16)13-15-8-5-4-7-14(15)2/h4-5,7-8,10-11H,3,6,9,12-13H2,1-2H3,(H,17,18). The molecule has 0 spiro atoms. The number of nitrogens with zero attached hydrogens (tertiary/aromatic N) is 2. The Hall–Kier alpha value is -1.81. The second kappa shape index (κ2) is 7.70. The van der Waals surface area contributed by atoms with Crippen LogP contribution in [0.5, 0.6) is 0 Å². The molecule has 1 aromatic carbocycles. The molecule has 0 fully saturated rings. The summed E-state index contributed by atoms with van der Waals surface area (Å²) in [7, 11) is 0. The maximum Gasteiger partial charge on any atom is 0.203 e. The Morgan fingerprint density at radius 3 is 2.95 bits per heavy atom. The van der Waals surface area contributed by atoms with Gasteiger partial charge in [-0.3, -0.25) is 0 Å². The molecule has 1 N–H and O–H groups in total. The monoisotopic (exact) mass is 273 g/mol. The van der Waals surface area contributed by atoms with E-state index in [4.69, 9.17) is 4.74 Å². The molecule has 108 valence electrons. The molecule has 2 aromatic rings. The van der Waals surface area contributed by atoms with Gasteiger partial charge >= 0.3 is 0 Å². The Morgan fingerprint density at radius 1 is 1.30 bits per heavy atom. The highest BCUT2D eigenvalue weighted by atomic mass is 16.5. The van der Waals surface area contributed by atoms with Gasteiger partial charge in [0.05, 0.1) is 6.54 Å². The molecule has 0 saturated carbocycles. The first kappa shape index (κ1) is 14.6. The molecule has 0 aliphatic rings. The van der Waals surface area contributed by atoms with Crippen LogP contribution in [-0.2, 0) is 11.3 Å². The number of hydrogen-bond acceptors (Lipinski definition) is 3. The smallest absolute Gasteiger partial charge is 0.203 e. The minimum Gasteiger partial charge on any atom is -0.382 e. The predicted octanol–water partition coefficient (Wildman–Crippen LogP) is 3.08. The summed E-state index contributed by atoms with van der Waals surface area (Å²) in [5.74, 6) is 0.921. The molecule has 0 bridgehead atoms. The highest BCUT2D eigenvalue weighted by molar-refractivity contribution is 5.31. The Kier molecular flexibility index (Phi) is 5.62. The van der Waals surface area contributed by atoms with E-state index >= 15 is 0 Å². The Morgan fingerprint density at radius 2 is 2.15 bits per heavy atom. The molecular formula is C16H23N3O. The second-order valence-electron chi connectivity index (χ2n) is 4.78. The van der Waals surface area contributed by atoms with Gasteiger partial charge in [-0.15, -0.1) is 0 Å². The molecule has 4 nitrogen and oxygen atoms in total. The Bertz CT molecular complexity index is 522. The number of imidazole rings is 1. The Balaban J connectivity index is 1.90. The number of anilines is 1. The molecular weight excluding hydrogens is 250 g/mol. The fourth-order valence-corrected chi connectivity index (χ4v) is 2.09. The number of rotatable bonds is 8. The maximum absolute atomic E-state index is 5.33. The van der Waals surface area contributed by atoms with Gasteiger partial charge in [-0.05, 0) is 31.4 Å². The van der Waals surface area contributed by atoms with Gasteiger partial charge in [-0.25, -0.2) is 4.98 Å². The van der Waals surface area contributed by atoms with Crippen LogP contribution in [0.1, 0.15) is 24.5 Å². The number of benzene rings is 1. The topological polar surface area (TPSA) is 39.1 Å². The fourth-order valence-electron chi connectivity index (χ4n) is 2.09. The van der Waals surface area contributed by atoms with Crippen LogP contribution >= 0.6 is 0 Å². The summed E-state index contributed by atoms with van der Waals surface area (Å²) in [4.78, 5) is 4.37. The van der Waals surface area contributed by atoms with Crippen LogP contribution in [0.2, 0.25) is 0 Å². The fraction of sp³-hybridized carbons (Fsp3) is 0.438. The summed E-state index contributed by atoms with van der Waals surface area (Å²) in [6.45, 7) is 7.46. The lowest BCUT2D eigenvalue weighted by Crippen LogP contribution is -2.11. The molecule has 20 heavy (non-hydrogen) atoms. The van der Waals surface area contributed by atoms with E-state index in [1.807, 2.05) is 19.3 Å². The molecule has 0 aliphatic heterocycles. The minimum absolute atomic E-state index is 0.780. The number of ether oxygens (including phenoxy) is 1. The first-order valence-corrected chi connectivity index (χ1v) is 7.18. The van der Waals surface area contributed by atoms with E-state index in [-0.39, 0.29) is 0 Å². The highest BCUT2D eigenvalue weighted by Gasteiger charge is 2.04. The quantitative estimate of drug-likeness (QED) is 0.751. The Labute approximate surface area is 120 Å². The first-order valence-electron chi connectivity index (χ1n) is 7.18. The predicted molar refractivity (Wildman–Crippen MR) is 82.1 cm³/mol. The minimum atomic E-state index is 0.780. The maximum atomic E-state index is 5.33. The van der Waals surface area contributed by atoms with Crippen LogP contribution in [0.3, 0.4) is 0 Å². The summed E-state index contributed by atoms with van der Waals surface area (Å²) in [6, 6.07) is 8.45. The van der Waals surface area contributed by atoms with E-state index in [2.05, 4.69) is 46.1 Å². The van der Waals surface area contributed by atoms with E-state index in [9.17, 15) is 0 Å². The third-order valence-electron chi connectivity index (χ3n) is 3.27. The zero-order chi connectivity index (χ0) is 14.2. The summed E-state index contributed by atoms with van der Waals surface area (Å²) >= 11 is 0. The van der Waals surface area contributed by atoms with Crippen LogP contribution in [-0.4, -0.2) is 29.3 Å². The van der Waals surface area contributed by atoms with Gasteiger partial charge in [0, 0.05) is 32.2 Å². The largest absolute Gasteiger partial charge is 0.382 e. The second-order valence-corrected chi connectivity index (χ2v) is 4.78. The summed E-state index contributed by atoms with van der Waals surface area (Å²) < 4.78 is 7.47. The van der Waals surface area contributed by atoms with Crippen molar-refractivity contribution in [2.24, 2.45) is 0 Å². The van der Waals surface area contributed by atoms with Crippen LogP contribution in [0, 0.1) is 6.92 Å². The zero-order valence-corrected chi connectivity index (χ0v) is 12.3. The molecule has 0 aliphatic carbocycles. The van der Waals surface area contributed by atoms with E-state index in [0.29, 0.717) is 0 Å². The number of hydrogen-bond donors (Lipinski definition) is 1. The van der Waals surface area contributed by atoms with Crippen molar-refractivity contribution < 1.29 is 4.74 Å². The first-order chi connectivity index (χ1) is 9.81. The highest BCUT2D eigenvalue weighted by Crippen LogP contribution is 2.12. The van der Waals surface area contributed by atoms with E-state index in [0.717, 1.165) is 38.7 Å². The zero-order valence-electron chi connectivity index (χ0n) is 12.3. The van der Waals surface area contributed by atoms with Crippen molar-refractivity contribution in [3.63, 3.8) is 0 Å². The third-order valence-corrected chi connectivity index (χ3v) is 3.27. The molecule has 0 saturated heterocycles. The van der Waals surface area contributed by atoms with Gasteiger partial charge in [0.25, 0.3) is 0 Å². The average Bonchev–Trinajstić information content (AvgIpc) is 2.89. The summed E-state index contributed by atoms with van der Waals surface area (Å²) in [6.07, 6.45) is 4.84. The van der Waals surface area contributed by atoms with Gasteiger partial charge in [-0.2, -0.15) is 0 Å². The van der Waals surface area contributed by atoms with Crippen molar-refractivity contribution in [3.8, 4) is 0 Å². The van der Waals surface area contributed by atoms with Crippen LogP contribution in [0.25, 0.3) is 0 Å². The summed E-state index contributed by atoms with van der Waals surface area (Å²) in [5, 5.41) is 3.36. The van der Waals surface area contributed by atoms with E-state index < -0.39 is 0 Å². The molecule has 4 heteroatoms. The molecule has 0 atom stereocenters. The van der Waals surface area contributed by atoms with Gasteiger partial charge < -0.3 is 14.6 Å². The van der Waals surface area contributed by atoms with Crippen molar-refractivity contribution in [1.82, 2.24) is 9.55 Å². The van der Waals surface area contributed by atoms with Gasteiger partial charge in [0.2, 0.25) is 5.95 Å². The average molecular weight is 273 g/mol. The number of nitrogens with one attached hydrogen (secondary N) is 1. The number of aromatic nitrogens is 2. The molecule has 2 rings (SSSR count). The van der Waals surface area contributed by atoms with Crippen molar-refractivity contribution in [1.29, 1.82) is 0 Å². The summed E-state index contributed by atoms with van der Waals surface area (Å²) in [5.41, 5.74) is 2.63. The molecule has 0 unspecified atom stereocenters. The van der Waals surface area contributed by atoms with Crippen LogP contribution in [0.15, 0.2) is 36.7 Å². The van der Waals surface area contributed by atoms with Crippen molar-refractivity contribution in [2.45, 2.75) is 26.8 Å². The SMILES string of the molecule is CCOCCCNc1nccn1Cc1ccccc1C. The van der Waals surface area contributed by atoms with Crippen molar-refractivity contribution in [3.05, 3.63) is 47.8 Å². The molecule has 1 aromatic heterocycles. The molecule has 0 amide bonds. The van der Waals surface area contributed by atoms with E-state index in [1.54, 1.807) is 0 Å². The normalized spacial score (nSPS) is 10.7. The van der Waals surface area contributed by atoms with Crippen molar-refractivity contribution in [2.75, 3.05) is 25.1 Å². The third kappa shape index (κ3) is 4.10. The molecule has 0 radical (unpaired) electrons. The molecule has 1 heterocycles. The lowest BCUT2D eigenvalue weighted by Gasteiger charge is -2.11. The van der Waals surface area contributed by atoms with Gasteiger partial charge in [0.1, 0.15) is 0 Å². The van der Waals surface area contributed by atoms with Crippen LogP contribution in [0.4, 0.5) is 5.95 Å².